The van der Waals surface area contributed by atoms with Gasteiger partial charge in [-0.1, -0.05) is 35.4 Å². The molecule has 0 aliphatic carbocycles. The summed E-state index contributed by atoms with van der Waals surface area (Å²) in [6.45, 7) is 3.59. The van der Waals surface area contributed by atoms with Crippen LogP contribution in [0.25, 0.3) is 10.4 Å². The first-order chi connectivity index (χ1) is 11.5. The molecule has 1 aromatic rings. The average Bonchev–Trinajstić information content (AvgIpc) is 2.90. The lowest BCUT2D eigenvalue weighted by atomic mass is 9.97. The fourth-order valence-corrected chi connectivity index (χ4v) is 3.07. The highest BCUT2D eigenvalue weighted by molar-refractivity contribution is 5.13. The third-order valence-electron chi connectivity index (χ3n) is 4.08. The van der Waals surface area contributed by atoms with E-state index in [-0.39, 0.29) is 6.61 Å². The Hall–Kier alpha value is -1.67. The van der Waals surface area contributed by atoms with Gasteiger partial charge >= 0.3 is 0 Å². The maximum atomic E-state index is 9.58. The van der Waals surface area contributed by atoms with E-state index in [2.05, 4.69) is 10.0 Å². The van der Waals surface area contributed by atoms with Gasteiger partial charge in [0, 0.05) is 4.91 Å². The Kier molecular flexibility index (Phi) is 5.05. The molecule has 2 aliphatic rings. The SMILES string of the molecule is CC1(C)O[C@@H]2[C@@H](OCc3ccccc3)O[C@H](CO)[C@@H](N=[N+]=[N-])[C@@H]2O1. The molecule has 0 amide bonds. The van der Waals surface area contributed by atoms with Crippen LogP contribution in [0.5, 0.6) is 0 Å². The second-order valence-corrected chi connectivity index (χ2v) is 6.28. The minimum atomic E-state index is -0.847. The quantitative estimate of drug-likeness (QED) is 0.504. The number of rotatable bonds is 5. The van der Waals surface area contributed by atoms with Gasteiger partial charge in [0.25, 0.3) is 0 Å². The van der Waals surface area contributed by atoms with Gasteiger partial charge in [0.15, 0.2) is 12.1 Å². The van der Waals surface area contributed by atoms with Crippen molar-refractivity contribution >= 4 is 0 Å². The van der Waals surface area contributed by atoms with E-state index in [9.17, 15) is 5.11 Å². The number of nitrogens with zero attached hydrogens (tertiary/aromatic N) is 3. The summed E-state index contributed by atoms with van der Waals surface area (Å²) in [7, 11) is 0. The maximum absolute atomic E-state index is 9.58. The molecule has 0 radical (unpaired) electrons. The predicted octanol–water partition coefficient (Wildman–Crippen LogP) is 2.12. The Morgan fingerprint density at radius 2 is 1.96 bits per heavy atom. The Morgan fingerprint density at radius 1 is 1.25 bits per heavy atom. The average molecular weight is 335 g/mol. The van der Waals surface area contributed by atoms with Gasteiger partial charge in [-0.2, -0.15) is 0 Å². The van der Waals surface area contributed by atoms with Crippen LogP contribution in [0.3, 0.4) is 0 Å². The van der Waals surface area contributed by atoms with E-state index in [1.165, 1.54) is 0 Å². The Bertz CT molecular complexity index is 605. The summed E-state index contributed by atoms with van der Waals surface area (Å²) in [5.41, 5.74) is 9.79. The third-order valence-corrected chi connectivity index (χ3v) is 4.08. The molecule has 2 heterocycles. The van der Waals surface area contributed by atoms with Crippen molar-refractivity contribution in [2.24, 2.45) is 5.11 Å². The van der Waals surface area contributed by atoms with E-state index >= 15 is 0 Å². The lowest BCUT2D eigenvalue weighted by molar-refractivity contribution is -0.263. The second-order valence-electron chi connectivity index (χ2n) is 6.28. The summed E-state index contributed by atoms with van der Waals surface area (Å²) in [5.74, 6) is -0.847. The molecule has 0 unspecified atom stereocenters. The standard InChI is InChI=1S/C16H21N3O5/c1-16(2)23-13-12(18-19-17)11(8-20)22-15(14(13)24-16)21-9-10-6-4-3-5-7-10/h3-7,11-15,20H,8-9H2,1-2H3/t11-,12-,13+,14+,15+/m1/s1. The first-order valence-corrected chi connectivity index (χ1v) is 7.86. The van der Waals surface area contributed by atoms with Crippen molar-refractivity contribution < 1.29 is 24.1 Å². The molecule has 2 saturated heterocycles. The summed E-state index contributed by atoms with van der Waals surface area (Å²) in [6, 6.07) is 9.00. The van der Waals surface area contributed by atoms with Crippen LogP contribution < -0.4 is 0 Å². The summed E-state index contributed by atoms with van der Waals surface area (Å²) in [5, 5.41) is 13.3. The van der Waals surface area contributed by atoms with E-state index in [4.69, 9.17) is 24.5 Å². The number of ether oxygens (including phenoxy) is 4. The Morgan fingerprint density at radius 3 is 2.62 bits per heavy atom. The molecule has 0 bridgehead atoms. The topological polar surface area (TPSA) is 106 Å². The summed E-state index contributed by atoms with van der Waals surface area (Å²) < 4.78 is 23.4. The van der Waals surface area contributed by atoms with Gasteiger partial charge in [-0.25, -0.2) is 0 Å². The molecule has 0 saturated carbocycles. The number of aliphatic hydroxyl groups excluding tert-OH is 1. The van der Waals surface area contributed by atoms with Gasteiger partial charge in [-0.05, 0) is 24.9 Å². The van der Waals surface area contributed by atoms with E-state index in [1.807, 2.05) is 30.3 Å². The van der Waals surface area contributed by atoms with E-state index in [1.54, 1.807) is 13.8 Å². The molecule has 2 fully saturated rings. The zero-order valence-corrected chi connectivity index (χ0v) is 13.6. The molecule has 1 N–H and O–H groups in total. The van der Waals surface area contributed by atoms with Crippen molar-refractivity contribution in [3.63, 3.8) is 0 Å². The number of fused-ring (bicyclic) bond motifs is 1. The molecule has 130 valence electrons. The zero-order valence-electron chi connectivity index (χ0n) is 13.6. The molecule has 2 aliphatic heterocycles. The Labute approximate surface area is 139 Å². The molecule has 8 heteroatoms. The zero-order chi connectivity index (χ0) is 17.2. The predicted molar refractivity (Wildman–Crippen MR) is 83.7 cm³/mol. The van der Waals surface area contributed by atoms with Crippen molar-refractivity contribution in [3.8, 4) is 0 Å². The molecule has 24 heavy (non-hydrogen) atoms. The number of hydrogen-bond acceptors (Lipinski definition) is 6. The van der Waals surface area contributed by atoms with E-state index < -0.39 is 36.4 Å². The minimum Gasteiger partial charge on any atom is -0.394 e. The first kappa shape index (κ1) is 17.2. The monoisotopic (exact) mass is 335 g/mol. The van der Waals surface area contributed by atoms with Crippen LogP contribution in [0.15, 0.2) is 35.4 Å². The number of benzene rings is 1. The lowest BCUT2D eigenvalue weighted by Crippen LogP contribution is -2.57. The molecular formula is C16H21N3O5. The van der Waals surface area contributed by atoms with E-state index in [0.717, 1.165) is 5.56 Å². The highest BCUT2D eigenvalue weighted by Crippen LogP contribution is 2.39. The molecule has 0 aromatic heterocycles. The van der Waals surface area contributed by atoms with Crippen LogP contribution in [0.2, 0.25) is 0 Å². The minimum absolute atomic E-state index is 0.304. The van der Waals surface area contributed by atoms with Crippen LogP contribution in [0, 0.1) is 0 Å². The van der Waals surface area contributed by atoms with Crippen LogP contribution in [-0.4, -0.2) is 48.1 Å². The fourth-order valence-electron chi connectivity index (χ4n) is 3.07. The molecule has 0 spiro atoms. The van der Waals surface area contributed by atoms with Crippen molar-refractivity contribution in [1.29, 1.82) is 0 Å². The van der Waals surface area contributed by atoms with Crippen molar-refractivity contribution in [1.82, 2.24) is 0 Å². The summed E-state index contributed by atoms with van der Waals surface area (Å²) >= 11 is 0. The molecule has 3 rings (SSSR count). The number of hydrogen-bond donors (Lipinski definition) is 1. The maximum Gasteiger partial charge on any atom is 0.187 e. The van der Waals surface area contributed by atoms with Gasteiger partial charge in [-0.3, -0.25) is 0 Å². The van der Waals surface area contributed by atoms with Gasteiger partial charge in [0.1, 0.15) is 12.2 Å². The molecule has 8 nitrogen and oxygen atoms in total. The van der Waals surface area contributed by atoms with Crippen molar-refractivity contribution in [2.45, 2.75) is 56.9 Å². The number of azide groups is 1. The smallest absolute Gasteiger partial charge is 0.187 e. The fraction of sp³-hybridized carbons (Fsp3) is 0.625. The molecule has 5 atom stereocenters. The summed E-state index contributed by atoms with van der Waals surface area (Å²) in [4.78, 5) is 2.84. The second kappa shape index (κ2) is 7.06. The van der Waals surface area contributed by atoms with Crippen LogP contribution in [0.4, 0.5) is 0 Å². The van der Waals surface area contributed by atoms with Gasteiger partial charge in [-0.15, -0.1) is 0 Å². The molecule has 1 aromatic carbocycles. The largest absolute Gasteiger partial charge is 0.394 e. The number of aliphatic hydroxyl groups is 1. The van der Waals surface area contributed by atoms with Gasteiger partial charge in [0.2, 0.25) is 0 Å². The van der Waals surface area contributed by atoms with Crippen LogP contribution in [0.1, 0.15) is 19.4 Å². The normalized spacial score (nSPS) is 34.4. The lowest BCUT2D eigenvalue weighted by Gasteiger charge is -2.39. The van der Waals surface area contributed by atoms with Gasteiger partial charge in [0.05, 0.1) is 25.4 Å². The van der Waals surface area contributed by atoms with Crippen molar-refractivity contribution in [3.05, 3.63) is 46.3 Å². The van der Waals surface area contributed by atoms with Crippen LogP contribution >= 0.6 is 0 Å². The van der Waals surface area contributed by atoms with Gasteiger partial charge < -0.3 is 24.1 Å². The summed E-state index contributed by atoms with van der Waals surface area (Å²) in [6.07, 6.45) is -2.51. The highest BCUT2D eigenvalue weighted by atomic mass is 16.8. The van der Waals surface area contributed by atoms with E-state index in [0.29, 0.717) is 6.61 Å². The molecular weight excluding hydrogens is 314 g/mol. The first-order valence-electron chi connectivity index (χ1n) is 7.86. The van der Waals surface area contributed by atoms with Crippen molar-refractivity contribution in [2.75, 3.05) is 6.61 Å². The highest BCUT2D eigenvalue weighted by Gasteiger charge is 2.55. The van der Waals surface area contributed by atoms with Crippen LogP contribution in [-0.2, 0) is 25.6 Å². The Balaban J connectivity index is 1.78. The third kappa shape index (κ3) is 3.54.